The van der Waals surface area contributed by atoms with Gasteiger partial charge in [-0.2, -0.15) is 0 Å². The van der Waals surface area contributed by atoms with Crippen LogP contribution in [0.15, 0.2) is 0 Å². The van der Waals surface area contributed by atoms with Crippen molar-refractivity contribution in [2.75, 3.05) is 5.88 Å². The SMILES string of the molecule is CCCCCCCCC(O)CCCCl. The van der Waals surface area contributed by atoms with Crippen LogP contribution in [0, 0.1) is 0 Å². The largest absolute Gasteiger partial charge is 0.393 e. The standard InChI is InChI=1S/C12H25ClO/c1-2-3-4-5-6-7-9-12(14)10-8-11-13/h12,14H,2-11H2,1H3. The molecule has 0 amide bonds. The third kappa shape index (κ3) is 10.3. The van der Waals surface area contributed by atoms with Gasteiger partial charge in [-0.15, -0.1) is 11.6 Å². The fraction of sp³-hybridized carbons (Fsp3) is 1.00. The molecule has 0 bridgehead atoms. The topological polar surface area (TPSA) is 20.2 Å². The highest BCUT2D eigenvalue weighted by molar-refractivity contribution is 6.17. The Kier molecular flexibility index (Phi) is 11.5. The van der Waals surface area contributed by atoms with Gasteiger partial charge in [0, 0.05) is 5.88 Å². The molecule has 0 rings (SSSR count). The second kappa shape index (κ2) is 11.3. The number of aliphatic hydroxyl groups excluding tert-OH is 1. The fourth-order valence-corrected chi connectivity index (χ4v) is 1.77. The van der Waals surface area contributed by atoms with E-state index in [1.54, 1.807) is 0 Å². The first-order valence-corrected chi connectivity index (χ1v) is 6.58. The molecule has 0 aliphatic rings. The Bertz CT molecular complexity index is 106. The van der Waals surface area contributed by atoms with Crippen molar-refractivity contribution < 1.29 is 5.11 Å². The molecule has 0 saturated heterocycles. The number of aliphatic hydroxyl groups is 1. The maximum atomic E-state index is 9.52. The van der Waals surface area contributed by atoms with Gasteiger partial charge in [0.2, 0.25) is 0 Å². The average Bonchev–Trinajstić information content (AvgIpc) is 2.20. The minimum absolute atomic E-state index is 0.111. The van der Waals surface area contributed by atoms with Gasteiger partial charge < -0.3 is 5.11 Å². The minimum atomic E-state index is -0.111. The third-order valence-corrected chi connectivity index (χ3v) is 2.83. The third-order valence-electron chi connectivity index (χ3n) is 2.56. The normalized spacial score (nSPS) is 13.1. The van der Waals surface area contributed by atoms with E-state index in [-0.39, 0.29) is 6.10 Å². The molecular weight excluding hydrogens is 196 g/mol. The van der Waals surface area contributed by atoms with Crippen LogP contribution in [0.2, 0.25) is 0 Å². The van der Waals surface area contributed by atoms with Crippen molar-refractivity contribution in [2.24, 2.45) is 0 Å². The van der Waals surface area contributed by atoms with Gasteiger partial charge in [-0.3, -0.25) is 0 Å². The lowest BCUT2D eigenvalue weighted by molar-refractivity contribution is 0.150. The number of unbranched alkanes of at least 4 members (excludes halogenated alkanes) is 5. The fourth-order valence-electron chi connectivity index (χ4n) is 1.62. The van der Waals surface area contributed by atoms with E-state index in [0.29, 0.717) is 5.88 Å². The van der Waals surface area contributed by atoms with Crippen molar-refractivity contribution in [1.29, 1.82) is 0 Å². The van der Waals surface area contributed by atoms with E-state index >= 15 is 0 Å². The summed E-state index contributed by atoms with van der Waals surface area (Å²) >= 11 is 5.55. The summed E-state index contributed by atoms with van der Waals surface area (Å²) in [6, 6.07) is 0. The van der Waals surface area contributed by atoms with Crippen molar-refractivity contribution in [2.45, 2.75) is 70.8 Å². The van der Waals surface area contributed by atoms with E-state index < -0.39 is 0 Å². The zero-order valence-electron chi connectivity index (χ0n) is 9.47. The molecular formula is C12H25ClO. The monoisotopic (exact) mass is 220 g/mol. The molecule has 0 aromatic heterocycles. The number of hydrogen-bond donors (Lipinski definition) is 1. The van der Waals surface area contributed by atoms with Crippen LogP contribution in [0.25, 0.3) is 0 Å². The second-order valence-corrected chi connectivity index (χ2v) is 4.42. The number of hydrogen-bond acceptors (Lipinski definition) is 1. The molecule has 0 aliphatic carbocycles. The van der Waals surface area contributed by atoms with Gasteiger partial charge in [0.25, 0.3) is 0 Å². The molecule has 86 valence electrons. The smallest absolute Gasteiger partial charge is 0.0540 e. The molecule has 0 radical (unpaired) electrons. The number of rotatable bonds is 10. The summed E-state index contributed by atoms with van der Waals surface area (Å²) in [6.07, 6.45) is 10.5. The van der Waals surface area contributed by atoms with E-state index in [1.807, 2.05) is 0 Å². The van der Waals surface area contributed by atoms with E-state index in [4.69, 9.17) is 11.6 Å². The van der Waals surface area contributed by atoms with Crippen LogP contribution in [0.4, 0.5) is 0 Å². The van der Waals surface area contributed by atoms with E-state index in [9.17, 15) is 5.11 Å². The maximum absolute atomic E-state index is 9.52. The van der Waals surface area contributed by atoms with E-state index in [2.05, 4.69) is 6.92 Å². The van der Waals surface area contributed by atoms with Crippen LogP contribution >= 0.6 is 11.6 Å². The summed E-state index contributed by atoms with van der Waals surface area (Å²) in [6.45, 7) is 2.23. The molecule has 0 aromatic carbocycles. The van der Waals surface area contributed by atoms with Crippen LogP contribution in [-0.4, -0.2) is 17.1 Å². The van der Waals surface area contributed by atoms with Gasteiger partial charge in [-0.25, -0.2) is 0 Å². The molecule has 1 atom stereocenters. The Morgan fingerprint density at radius 1 is 0.929 bits per heavy atom. The predicted molar refractivity (Wildman–Crippen MR) is 64.0 cm³/mol. The Morgan fingerprint density at radius 3 is 2.14 bits per heavy atom. The molecule has 1 nitrogen and oxygen atoms in total. The highest BCUT2D eigenvalue weighted by atomic mass is 35.5. The first kappa shape index (κ1) is 14.2. The van der Waals surface area contributed by atoms with E-state index in [1.165, 1.54) is 38.5 Å². The van der Waals surface area contributed by atoms with Crippen molar-refractivity contribution in [3.63, 3.8) is 0 Å². The number of alkyl halides is 1. The lowest BCUT2D eigenvalue weighted by atomic mass is 10.0. The Balaban J connectivity index is 3.02. The average molecular weight is 221 g/mol. The minimum Gasteiger partial charge on any atom is -0.393 e. The van der Waals surface area contributed by atoms with Gasteiger partial charge in [-0.1, -0.05) is 45.4 Å². The predicted octanol–water partition coefficient (Wildman–Crippen LogP) is 4.12. The molecule has 0 heterocycles. The van der Waals surface area contributed by atoms with Gasteiger partial charge in [0.05, 0.1) is 6.10 Å². The summed E-state index contributed by atoms with van der Waals surface area (Å²) in [5, 5.41) is 9.52. The molecule has 0 aromatic rings. The molecule has 0 fully saturated rings. The molecule has 1 N–H and O–H groups in total. The summed E-state index contributed by atoms with van der Waals surface area (Å²) in [7, 11) is 0. The highest BCUT2D eigenvalue weighted by Gasteiger charge is 2.02. The summed E-state index contributed by atoms with van der Waals surface area (Å²) in [5.41, 5.74) is 0. The first-order valence-electron chi connectivity index (χ1n) is 6.05. The molecule has 1 unspecified atom stereocenters. The molecule has 2 heteroatoms. The quantitative estimate of drug-likeness (QED) is 0.434. The zero-order valence-corrected chi connectivity index (χ0v) is 10.2. The van der Waals surface area contributed by atoms with Gasteiger partial charge in [-0.05, 0) is 19.3 Å². The van der Waals surface area contributed by atoms with Crippen LogP contribution in [-0.2, 0) is 0 Å². The number of halogens is 1. The van der Waals surface area contributed by atoms with Crippen LogP contribution in [0.5, 0.6) is 0 Å². The Labute approximate surface area is 93.9 Å². The van der Waals surface area contributed by atoms with Crippen LogP contribution in [0.3, 0.4) is 0 Å². The summed E-state index contributed by atoms with van der Waals surface area (Å²) < 4.78 is 0. The van der Waals surface area contributed by atoms with Crippen molar-refractivity contribution in [3.8, 4) is 0 Å². The van der Waals surface area contributed by atoms with Crippen LogP contribution in [0.1, 0.15) is 64.7 Å². The molecule has 0 spiro atoms. The summed E-state index contributed by atoms with van der Waals surface area (Å²) in [4.78, 5) is 0. The molecule has 0 aliphatic heterocycles. The lowest BCUT2D eigenvalue weighted by Crippen LogP contribution is -2.06. The van der Waals surface area contributed by atoms with Crippen molar-refractivity contribution >= 4 is 11.6 Å². The molecule has 0 saturated carbocycles. The van der Waals surface area contributed by atoms with Crippen molar-refractivity contribution in [3.05, 3.63) is 0 Å². The Hall–Kier alpha value is 0.250. The van der Waals surface area contributed by atoms with Crippen molar-refractivity contribution in [1.82, 2.24) is 0 Å². The zero-order chi connectivity index (χ0) is 10.6. The van der Waals surface area contributed by atoms with Gasteiger partial charge in [0.15, 0.2) is 0 Å². The summed E-state index contributed by atoms with van der Waals surface area (Å²) in [5.74, 6) is 0.674. The maximum Gasteiger partial charge on any atom is 0.0540 e. The lowest BCUT2D eigenvalue weighted by Gasteiger charge is -2.08. The van der Waals surface area contributed by atoms with Gasteiger partial charge >= 0.3 is 0 Å². The van der Waals surface area contributed by atoms with E-state index in [0.717, 1.165) is 19.3 Å². The highest BCUT2D eigenvalue weighted by Crippen LogP contribution is 2.11. The Morgan fingerprint density at radius 2 is 1.50 bits per heavy atom. The molecule has 14 heavy (non-hydrogen) atoms. The second-order valence-electron chi connectivity index (χ2n) is 4.04. The van der Waals surface area contributed by atoms with Crippen LogP contribution < -0.4 is 0 Å². The van der Waals surface area contributed by atoms with Gasteiger partial charge in [0.1, 0.15) is 0 Å². The first-order chi connectivity index (χ1) is 6.81.